The van der Waals surface area contributed by atoms with Crippen molar-refractivity contribution in [3.63, 3.8) is 0 Å². The Morgan fingerprint density at radius 3 is 2.67 bits per heavy atom. The number of rotatable bonds is 4. The molecule has 1 fully saturated rings. The molecule has 0 radical (unpaired) electrons. The molecule has 2 heteroatoms. The third-order valence-electron chi connectivity index (χ3n) is 6.21. The number of aromatic hydroxyl groups is 1. The molecule has 3 atom stereocenters. The van der Waals surface area contributed by atoms with E-state index < -0.39 is 0 Å². The van der Waals surface area contributed by atoms with Gasteiger partial charge >= 0.3 is 0 Å². The van der Waals surface area contributed by atoms with Crippen LogP contribution < -0.4 is 4.74 Å². The minimum absolute atomic E-state index is 0.0700. The number of fused-ring (bicyclic) bond motifs is 2. The van der Waals surface area contributed by atoms with E-state index in [0.717, 1.165) is 24.2 Å². The average Bonchev–Trinajstić information content (AvgIpc) is 2.84. The highest BCUT2D eigenvalue weighted by Gasteiger charge is 2.53. The predicted octanol–water partition coefficient (Wildman–Crippen LogP) is 6.21. The Morgan fingerprint density at radius 2 is 2.00 bits per heavy atom. The molecule has 1 heterocycles. The summed E-state index contributed by atoms with van der Waals surface area (Å²) < 4.78 is 6.54. The first kappa shape index (κ1) is 17.6. The molecular weight excluding hydrogens is 296 g/mol. The van der Waals surface area contributed by atoms with E-state index in [4.69, 9.17) is 4.74 Å². The molecule has 24 heavy (non-hydrogen) atoms. The van der Waals surface area contributed by atoms with Crippen LogP contribution in [0.5, 0.6) is 11.5 Å². The third-order valence-corrected chi connectivity index (χ3v) is 6.21. The molecule has 2 nitrogen and oxygen atoms in total. The van der Waals surface area contributed by atoms with Crippen molar-refractivity contribution in [2.75, 3.05) is 0 Å². The van der Waals surface area contributed by atoms with Crippen molar-refractivity contribution in [1.29, 1.82) is 0 Å². The van der Waals surface area contributed by atoms with Crippen LogP contribution in [0.1, 0.15) is 90.2 Å². The van der Waals surface area contributed by atoms with Gasteiger partial charge in [-0.25, -0.2) is 0 Å². The van der Waals surface area contributed by atoms with Crippen molar-refractivity contribution in [3.8, 4) is 11.5 Å². The topological polar surface area (TPSA) is 29.5 Å². The number of phenolic OH excluding ortho intramolecular Hbond substituents is 1. The van der Waals surface area contributed by atoms with Gasteiger partial charge in [-0.2, -0.15) is 0 Å². The van der Waals surface area contributed by atoms with Crippen LogP contribution in [-0.4, -0.2) is 10.7 Å². The molecule has 0 unspecified atom stereocenters. The highest BCUT2D eigenvalue weighted by Crippen LogP contribution is 2.60. The Kier molecular flexibility index (Phi) is 4.61. The van der Waals surface area contributed by atoms with Crippen LogP contribution in [0.15, 0.2) is 12.1 Å². The number of ether oxygens (including phenoxy) is 1. The smallest absolute Gasteiger partial charge is 0.127 e. The Labute approximate surface area is 147 Å². The fraction of sp³-hybridized carbons (Fsp3) is 0.727. The summed E-state index contributed by atoms with van der Waals surface area (Å²) in [5, 5.41) is 10.9. The summed E-state index contributed by atoms with van der Waals surface area (Å²) in [5.41, 5.74) is 2.33. The molecule has 1 aromatic rings. The van der Waals surface area contributed by atoms with Gasteiger partial charge in [-0.15, -0.1) is 0 Å². The number of phenols is 1. The molecule has 2 aliphatic rings. The molecule has 3 rings (SSSR count). The normalized spacial score (nSPS) is 29.0. The van der Waals surface area contributed by atoms with Gasteiger partial charge in [0, 0.05) is 17.4 Å². The number of benzene rings is 1. The van der Waals surface area contributed by atoms with E-state index in [1.807, 2.05) is 6.07 Å². The molecule has 0 aromatic heterocycles. The summed E-state index contributed by atoms with van der Waals surface area (Å²) in [6.45, 7) is 11.4. The molecule has 0 saturated heterocycles. The highest BCUT2D eigenvalue weighted by molar-refractivity contribution is 5.52. The Morgan fingerprint density at radius 1 is 1.25 bits per heavy atom. The fourth-order valence-electron chi connectivity index (χ4n) is 5.09. The van der Waals surface area contributed by atoms with Crippen LogP contribution in [0.25, 0.3) is 0 Å². The SMILES string of the molecule is CCCCCc1cc(O)c2c(c1)O[C@]1(C)CCC[C@@H]1[C@@H]2C(C)(C)C. The quantitative estimate of drug-likeness (QED) is 0.665. The number of aryl methyl sites for hydroxylation is 1. The average molecular weight is 331 g/mol. The van der Waals surface area contributed by atoms with Crippen molar-refractivity contribution in [2.24, 2.45) is 11.3 Å². The van der Waals surface area contributed by atoms with Crippen molar-refractivity contribution in [1.82, 2.24) is 0 Å². The van der Waals surface area contributed by atoms with Gasteiger partial charge in [-0.1, -0.05) is 40.5 Å². The van der Waals surface area contributed by atoms with E-state index in [9.17, 15) is 5.11 Å². The summed E-state index contributed by atoms with van der Waals surface area (Å²) in [7, 11) is 0. The number of hydrogen-bond donors (Lipinski definition) is 1. The lowest BCUT2D eigenvalue weighted by Gasteiger charge is -2.48. The number of unbranched alkanes of at least 4 members (excludes halogenated alkanes) is 2. The van der Waals surface area contributed by atoms with Gasteiger partial charge in [-0.05, 0) is 62.1 Å². The monoisotopic (exact) mass is 330 g/mol. The van der Waals surface area contributed by atoms with E-state index in [-0.39, 0.29) is 11.0 Å². The zero-order chi connectivity index (χ0) is 17.5. The van der Waals surface area contributed by atoms with Gasteiger partial charge in [0.15, 0.2) is 0 Å². The zero-order valence-electron chi connectivity index (χ0n) is 16.1. The molecule has 1 aliphatic heterocycles. The second kappa shape index (κ2) is 6.28. The number of hydrogen-bond acceptors (Lipinski definition) is 2. The Balaban J connectivity index is 2.02. The lowest BCUT2D eigenvalue weighted by Crippen LogP contribution is -2.46. The van der Waals surface area contributed by atoms with Gasteiger partial charge in [0.25, 0.3) is 0 Å². The molecule has 0 amide bonds. The lowest BCUT2D eigenvalue weighted by atomic mass is 9.63. The zero-order valence-corrected chi connectivity index (χ0v) is 16.1. The van der Waals surface area contributed by atoms with Gasteiger partial charge in [0.2, 0.25) is 0 Å². The molecule has 0 spiro atoms. The molecule has 1 N–H and O–H groups in total. The maximum Gasteiger partial charge on any atom is 0.127 e. The van der Waals surface area contributed by atoms with Gasteiger partial charge in [0.05, 0.1) is 0 Å². The maximum absolute atomic E-state index is 10.9. The fourth-order valence-corrected chi connectivity index (χ4v) is 5.09. The molecule has 1 aromatic carbocycles. The van der Waals surface area contributed by atoms with Gasteiger partial charge in [0.1, 0.15) is 17.1 Å². The Hall–Kier alpha value is -1.18. The van der Waals surface area contributed by atoms with Crippen LogP contribution in [-0.2, 0) is 6.42 Å². The van der Waals surface area contributed by atoms with E-state index >= 15 is 0 Å². The molecule has 0 bridgehead atoms. The minimum Gasteiger partial charge on any atom is -0.508 e. The van der Waals surface area contributed by atoms with Crippen LogP contribution in [0.4, 0.5) is 0 Å². The molecular formula is C22H34O2. The summed E-state index contributed by atoms with van der Waals surface area (Å²) >= 11 is 0. The highest BCUT2D eigenvalue weighted by atomic mass is 16.5. The minimum atomic E-state index is -0.0700. The van der Waals surface area contributed by atoms with E-state index in [1.165, 1.54) is 37.7 Å². The largest absolute Gasteiger partial charge is 0.508 e. The van der Waals surface area contributed by atoms with Crippen molar-refractivity contribution < 1.29 is 9.84 Å². The van der Waals surface area contributed by atoms with Crippen LogP contribution in [0, 0.1) is 11.3 Å². The van der Waals surface area contributed by atoms with Crippen molar-refractivity contribution in [3.05, 3.63) is 23.3 Å². The maximum atomic E-state index is 10.9. The van der Waals surface area contributed by atoms with Crippen LogP contribution >= 0.6 is 0 Å². The predicted molar refractivity (Wildman–Crippen MR) is 99.9 cm³/mol. The van der Waals surface area contributed by atoms with E-state index in [0.29, 0.717) is 17.6 Å². The molecule has 134 valence electrons. The van der Waals surface area contributed by atoms with E-state index in [2.05, 4.69) is 40.7 Å². The second-order valence-electron chi connectivity index (χ2n) is 9.24. The summed E-state index contributed by atoms with van der Waals surface area (Å²) in [5.74, 6) is 2.26. The third kappa shape index (κ3) is 3.05. The standard InChI is InChI=1S/C22H34O2/c1-6-7-8-10-15-13-17(23)19-18(14-15)24-22(5)12-9-11-16(22)20(19)21(2,3)4/h13-14,16,20,23H,6-12H2,1-5H3/t16-,20+,22-/m1/s1. The van der Waals surface area contributed by atoms with Crippen LogP contribution in [0.2, 0.25) is 0 Å². The summed E-state index contributed by atoms with van der Waals surface area (Å²) in [4.78, 5) is 0. The first-order chi connectivity index (χ1) is 11.3. The molecule has 1 aliphatic carbocycles. The second-order valence-corrected chi connectivity index (χ2v) is 9.24. The summed E-state index contributed by atoms with van der Waals surface area (Å²) in [6, 6.07) is 4.21. The van der Waals surface area contributed by atoms with Crippen molar-refractivity contribution >= 4 is 0 Å². The van der Waals surface area contributed by atoms with Gasteiger partial charge < -0.3 is 9.84 Å². The molecule has 1 saturated carbocycles. The first-order valence-electron chi connectivity index (χ1n) is 9.81. The summed E-state index contributed by atoms with van der Waals surface area (Å²) in [6.07, 6.45) is 8.23. The van der Waals surface area contributed by atoms with Gasteiger partial charge in [-0.3, -0.25) is 0 Å². The Bertz CT molecular complexity index is 599. The van der Waals surface area contributed by atoms with Crippen LogP contribution in [0.3, 0.4) is 0 Å². The van der Waals surface area contributed by atoms with E-state index in [1.54, 1.807) is 0 Å². The lowest BCUT2D eigenvalue weighted by molar-refractivity contribution is -0.00716. The van der Waals surface area contributed by atoms with Crippen molar-refractivity contribution in [2.45, 2.75) is 91.1 Å². The first-order valence-corrected chi connectivity index (χ1v) is 9.81.